The van der Waals surface area contributed by atoms with E-state index in [1.165, 1.54) is 7.11 Å². The zero-order chi connectivity index (χ0) is 13.4. The largest absolute Gasteiger partial charge is 0.469 e. The number of hydrogen-bond acceptors (Lipinski definition) is 5. The molecule has 1 rings (SSSR count). The average molecular weight is 259 g/mol. The maximum Gasteiger partial charge on any atom is 0.313 e. The monoisotopic (exact) mass is 259 g/mol. The Labute approximate surface area is 109 Å². The molecule has 1 saturated carbocycles. The predicted molar refractivity (Wildman–Crippen MR) is 68.2 cm³/mol. The quantitative estimate of drug-likeness (QED) is 0.467. The van der Waals surface area contributed by atoms with E-state index in [0.717, 1.165) is 19.3 Å². The number of carbonyl (C=O) groups is 1. The summed E-state index contributed by atoms with van der Waals surface area (Å²) in [6.45, 7) is 2.24. The average Bonchev–Trinajstić information content (AvgIpc) is 3.22. The number of nitrogens with two attached hydrogens (primary N) is 1. The molecular formula is C13H25NO4. The Morgan fingerprint density at radius 1 is 1.28 bits per heavy atom. The molecule has 1 atom stereocenters. The smallest absolute Gasteiger partial charge is 0.313 e. The molecule has 1 aliphatic carbocycles. The van der Waals surface area contributed by atoms with Crippen LogP contribution in [-0.4, -0.2) is 46.6 Å². The maximum absolute atomic E-state index is 11.9. The summed E-state index contributed by atoms with van der Waals surface area (Å²) in [5.74, 6) is 0.186. The van der Waals surface area contributed by atoms with Crippen molar-refractivity contribution in [1.82, 2.24) is 0 Å². The van der Waals surface area contributed by atoms with Gasteiger partial charge in [0.1, 0.15) is 0 Å². The van der Waals surface area contributed by atoms with Gasteiger partial charge in [-0.3, -0.25) is 4.79 Å². The predicted octanol–water partition coefficient (Wildman–Crippen LogP) is 0.958. The van der Waals surface area contributed by atoms with Crippen molar-refractivity contribution in [3.05, 3.63) is 0 Å². The van der Waals surface area contributed by atoms with Crippen molar-refractivity contribution in [3.63, 3.8) is 0 Å². The van der Waals surface area contributed by atoms with Gasteiger partial charge in [0.05, 0.1) is 12.5 Å². The van der Waals surface area contributed by atoms with E-state index in [2.05, 4.69) is 0 Å². The van der Waals surface area contributed by atoms with Crippen LogP contribution in [-0.2, 0) is 19.0 Å². The van der Waals surface area contributed by atoms with Gasteiger partial charge in [-0.05, 0) is 31.6 Å². The number of rotatable bonds is 10. The third-order valence-electron chi connectivity index (χ3n) is 3.64. The summed E-state index contributed by atoms with van der Waals surface area (Å²) in [5.41, 5.74) is 5.28. The first-order chi connectivity index (χ1) is 8.71. The van der Waals surface area contributed by atoms with Crippen LogP contribution in [0.4, 0.5) is 0 Å². The minimum absolute atomic E-state index is 0.187. The summed E-state index contributed by atoms with van der Waals surface area (Å²) < 4.78 is 15.4. The van der Waals surface area contributed by atoms with Gasteiger partial charge in [0, 0.05) is 33.5 Å². The van der Waals surface area contributed by atoms with Crippen molar-refractivity contribution >= 4 is 5.97 Å². The van der Waals surface area contributed by atoms with Gasteiger partial charge < -0.3 is 19.9 Å². The molecule has 5 heteroatoms. The van der Waals surface area contributed by atoms with Crippen molar-refractivity contribution in [3.8, 4) is 0 Å². The molecule has 0 aromatic rings. The van der Waals surface area contributed by atoms with Gasteiger partial charge in [0.15, 0.2) is 0 Å². The molecule has 0 spiro atoms. The Morgan fingerprint density at radius 3 is 2.50 bits per heavy atom. The van der Waals surface area contributed by atoms with Crippen LogP contribution in [0.2, 0.25) is 0 Å². The Kier molecular flexibility index (Phi) is 6.60. The third kappa shape index (κ3) is 3.93. The van der Waals surface area contributed by atoms with Crippen molar-refractivity contribution in [2.45, 2.75) is 25.7 Å². The molecule has 0 aliphatic heterocycles. The fourth-order valence-corrected chi connectivity index (χ4v) is 2.33. The minimum atomic E-state index is -0.532. The lowest BCUT2D eigenvalue weighted by molar-refractivity contribution is -0.155. The number of esters is 1. The van der Waals surface area contributed by atoms with Crippen LogP contribution in [0, 0.1) is 11.3 Å². The fourth-order valence-electron chi connectivity index (χ4n) is 2.33. The van der Waals surface area contributed by atoms with Gasteiger partial charge in [-0.1, -0.05) is 0 Å². The summed E-state index contributed by atoms with van der Waals surface area (Å²) in [6.07, 6.45) is 3.65. The molecule has 0 heterocycles. The number of ether oxygens (including phenoxy) is 3. The first kappa shape index (κ1) is 15.4. The zero-order valence-corrected chi connectivity index (χ0v) is 11.4. The van der Waals surface area contributed by atoms with E-state index in [1.807, 2.05) is 0 Å². The molecule has 0 saturated heterocycles. The third-order valence-corrected chi connectivity index (χ3v) is 3.64. The van der Waals surface area contributed by atoms with Gasteiger partial charge in [-0.25, -0.2) is 0 Å². The highest BCUT2D eigenvalue weighted by Gasteiger charge is 2.50. The molecule has 106 valence electrons. The molecular weight excluding hydrogens is 234 g/mol. The molecule has 1 fully saturated rings. The van der Waals surface area contributed by atoms with Crippen molar-refractivity contribution in [2.24, 2.45) is 17.1 Å². The lowest BCUT2D eigenvalue weighted by atomic mass is 9.79. The van der Waals surface area contributed by atoms with Crippen LogP contribution >= 0.6 is 0 Å². The van der Waals surface area contributed by atoms with Gasteiger partial charge in [-0.15, -0.1) is 0 Å². The number of methoxy groups -OCH3 is 2. The van der Waals surface area contributed by atoms with E-state index in [1.54, 1.807) is 7.11 Å². The Balaban J connectivity index is 2.35. The van der Waals surface area contributed by atoms with Crippen molar-refractivity contribution < 1.29 is 19.0 Å². The van der Waals surface area contributed by atoms with Crippen LogP contribution in [0.3, 0.4) is 0 Å². The van der Waals surface area contributed by atoms with Crippen LogP contribution < -0.4 is 5.73 Å². The zero-order valence-electron chi connectivity index (χ0n) is 11.4. The Morgan fingerprint density at radius 2 is 2.00 bits per heavy atom. The minimum Gasteiger partial charge on any atom is -0.469 e. The summed E-state index contributed by atoms with van der Waals surface area (Å²) in [6, 6.07) is 0. The molecule has 0 bridgehead atoms. The molecule has 0 amide bonds. The second-order valence-electron chi connectivity index (χ2n) is 4.83. The van der Waals surface area contributed by atoms with Crippen LogP contribution in [0.1, 0.15) is 25.7 Å². The Hall–Kier alpha value is -0.650. The first-order valence-electron chi connectivity index (χ1n) is 6.56. The molecule has 0 radical (unpaired) electrons. The molecule has 0 aromatic carbocycles. The highest BCUT2D eigenvalue weighted by molar-refractivity contribution is 5.78. The second kappa shape index (κ2) is 7.71. The molecule has 2 N–H and O–H groups in total. The lowest BCUT2D eigenvalue weighted by Crippen LogP contribution is -2.42. The highest BCUT2D eigenvalue weighted by Crippen LogP contribution is 2.48. The second-order valence-corrected chi connectivity index (χ2v) is 4.83. The van der Waals surface area contributed by atoms with Crippen LogP contribution in [0.15, 0.2) is 0 Å². The van der Waals surface area contributed by atoms with E-state index < -0.39 is 5.41 Å². The van der Waals surface area contributed by atoms with Gasteiger partial charge >= 0.3 is 5.97 Å². The topological polar surface area (TPSA) is 70.8 Å². The van der Waals surface area contributed by atoms with E-state index in [-0.39, 0.29) is 5.97 Å². The molecule has 1 unspecified atom stereocenters. The summed E-state index contributed by atoms with van der Waals surface area (Å²) in [7, 11) is 3.10. The van der Waals surface area contributed by atoms with Crippen molar-refractivity contribution in [2.75, 3.05) is 40.6 Å². The molecule has 5 nitrogen and oxygen atoms in total. The van der Waals surface area contributed by atoms with E-state index in [0.29, 0.717) is 38.7 Å². The van der Waals surface area contributed by atoms with E-state index in [9.17, 15) is 4.79 Å². The maximum atomic E-state index is 11.9. The van der Waals surface area contributed by atoms with Gasteiger partial charge in [0.25, 0.3) is 0 Å². The molecule has 0 aromatic heterocycles. The highest BCUT2D eigenvalue weighted by atomic mass is 16.5. The number of hydrogen-bond donors (Lipinski definition) is 1. The van der Waals surface area contributed by atoms with Gasteiger partial charge in [0.2, 0.25) is 0 Å². The lowest BCUT2D eigenvalue weighted by Gasteiger charge is -2.29. The van der Waals surface area contributed by atoms with E-state index >= 15 is 0 Å². The standard InChI is InChI=1S/C13H25NO4/c1-16-7-3-8-18-9-6-13(10-14,11-4-5-11)12(15)17-2/h11H,3-10,14H2,1-2H3. The SMILES string of the molecule is COCCCOCCC(CN)(C(=O)OC)C1CC1. The fraction of sp³-hybridized carbons (Fsp3) is 0.923. The Bertz CT molecular complexity index is 255. The normalized spacial score (nSPS) is 18.4. The summed E-state index contributed by atoms with van der Waals surface area (Å²) >= 11 is 0. The summed E-state index contributed by atoms with van der Waals surface area (Å²) in [4.78, 5) is 11.9. The van der Waals surface area contributed by atoms with Crippen LogP contribution in [0.25, 0.3) is 0 Å². The van der Waals surface area contributed by atoms with Gasteiger partial charge in [-0.2, -0.15) is 0 Å². The molecule has 1 aliphatic rings. The first-order valence-corrected chi connectivity index (χ1v) is 6.56. The van der Waals surface area contributed by atoms with Crippen LogP contribution in [0.5, 0.6) is 0 Å². The number of carbonyl (C=O) groups excluding carboxylic acids is 1. The summed E-state index contributed by atoms with van der Waals surface area (Å²) in [5, 5.41) is 0. The van der Waals surface area contributed by atoms with Crippen molar-refractivity contribution in [1.29, 1.82) is 0 Å². The van der Waals surface area contributed by atoms with E-state index in [4.69, 9.17) is 19.9 Å². The molecule has 18 heavy (non-hydrogen) atoms.